The van der Waals surface area contributed by atoms with Crippen LogP contribution in [0.15, 0.2) is 47.6 Å². The van der Waals surface area contributed by atoms with Gasteiger partial charge in [-0.15, -0.1) is 5.10 Å². The van der Waals surface area contributed by atoms with Gasteiger partial charge in [0.25, 0.3) is 5.91 Å². The highest BCUT2D eigenvalue weighted by molar-refractivity contribution is 8.00. The van der Waals surface area contributed by atoms with E-state index in [0.29, 0.717) is 28.9 Å². The quantitative estimate of drug-likeness (QED) is 0.566. The van der Waals surface area contributed by atoms with Crippen LogP contribution in [0.1, 0.15) is 40.3 Å². The molecule has 32 heavy (non-hydrogen) atoms. The minimum atomic E-state index is -0.334. The van der Waals surface area contributed by atoms with E-state index in [9.17, 15) is 4.79 Å². The van der Waals surface area contributed by atoms with E-state index in [0.717, 1.165) is 25.1 Å². The Balaban J connectivity index is 1.54. The lowest BCUT2D eigenvalue weighted by molar-refractivity contribution is 0.0824. The fraction of sp³-hybridized carbons (Fsp3) is 0.375. The number of benzene rings is 2. The molecule has 0 saturated carbocycles. The number of methoxy groups -OCH3 is 2. The van der Waals surface area contributed by atoms with Crippen LogP contribution in [0.2, 0.25) is 0 Å². The molecule has 1 aromatic heterocycles. The third-order valence-corrected chi connectivity index (χ3v) is 7.40. The number of hydrogen-bond acceptors (Lipinski definition) is 7. The van der Waals surface area contributed by atoms with Crippen LogP contribution in [0.25, 0.3) is 0 Å². The maximum atomic E-state index is 13.5. The van der Waals surface area contributed by atoms with Crippen molar-refractivity contribution in [2.75, 3.05) is 20.8 Å². The van der Waals surface area contributed by atoms with Crippen molar-refractivity contribution in [3.05, 3.63) is 65.0 Å². The zero-order chi connectivity index (χ0) is 22.2. The molecule has 3 aromatic rings. The summed E-state index contributed by atoms with van der Waals surface area (Å²) in [6.45, 7) is 3.65. The molecule has 2 atom stereocenters. The van der Waals surface area contributed by atoms with Crippen molar-refractivity contribution in [1.82, 2.24) is 19.7 Å². The molecule has 0 N–H and O–H groups in total. The standard InChI is InChI=1S/C24H26N4O3S/c1-4-20-25-24-28(26-20)23(29)22(32-24)21(16-9-10-18(30-2)19(13-16)31-3)27-12-11-15-7-5-6-8-17(15)14-27/h5-10,13,21-22H,4,11-12,14H2,1-3H3. The Kier molecular flexibility index (Phi) is 5.65. The summed E-state index contributed by atoms with van der Waals surface area (Å²) in [6.07, 6.45) is 1.66. The number of aryl methyl sites for hydroxylation is 1. The van der Waals surface area contributed by atoms with Crippen molar-refractivity contribution in [2.45, 2.75) is 42.8 Å². The summed E-state index contributed by atoms with van der Waals surface area (Å²) in [5.41, 5.74) is 3.71. The molecule has 8 heteroatoms. The number of aromatic nitrogens is 3. The first kappa shape index (κ1) is 21.0. The molecule has 5 rings (SSSR count). The van der Waals surface area contributed by atoms with Gasteiger partial charge in [0.2, 0.25) is 0 Å². The number of nitrogens with zero attached hydrogens (tertiary/aromatic N) is 4. The summed E-state index contributed by atoms with van der Waals surface area (Å²) in [6, 6.07) is 14.3. The monoisotopic (exact) mass is 450 g/mol. The maximum absolute atomic E-state index is 13.5. The number of ether oxygens (including phenoxy) is 2. The van der Waals surface area contributed by atoms with Crippen LogP contribution in [0.5, 0.6) is 11.5 Å². The molecule has 3 heterocycles. The molecule has 0 fully saturated rings. The van der Waals surface area contributed by atoms with Crippen molar-refractivity contribution in [1.29, 1.82) is 0 Å². The molecule has 2 unspecified atom stereocenters. The minimum Gasteiger partial charge on any atom is -0.493 e. The average Bonchev–Trinajstić information content (AvgIpc) is 3.38. The molecule has 7 nitrogen and oxygen atoms in total. The minimum absolute atomic E-state index is 0.0177. The summed E-state index contributed by atoms with van der Waals surface area (Å²) < 4.78 is 12.5. The van der Waals surface area contributed by atoms with E-state index in [-0.39, 0.29) is 17.2 Å². The van der Waals surface area contributed by atoms with Crippen LogP contribution < -0.4 is 9.47 Å². The molecule has 0 spiro atoms. The van der Waals surface area contributed by atoms with Crippen molar-refractivity contribution in [3.8, 4) is 11.5 Å². The van der Waals surface area contributed by atoms with Crippen molar-refractivity contribution < 1.29 is 14.3 Å². The summed E-state index contributed by atoms with van der Waals surface area (Å²) >= 11 is 1.51. The summed E-state index contributed by atoms with van der Waals surface area (Å²) in [4.78, 5) is 20.4. The van der Waals surface area contributed by atoms with Gasteiger partial charge >= 0.3 is 0 Å². The molecule has 2 aromatic carbocycles. The lowest BCUT2D eigenvalue weighted by atomic mass is 9.94. The Morgan fingerprint density at radius 2 is 1.91 bits per heavy atom. The number of carbonyl (C=O) groups is 1. The zero-order valence-electron chi connectivity index (χ0n) is 18.4. The van der Waals surface area contributed by atoms with Gasteiger partial charge in [0.1, 0.15) is 5.25 Å². The second kappa shape index (κ2) is 8.60. The Hall–Kier alpha value is -2.84. The lowest BCUT2D eigenvalue weighted by Gasteiger charge is -2.38. The molecule has 2 aliphatic heterocycles. The van der Waals surface area contributed by atoms with E-state index >= 15 is 0 Å². The van der Waals surface area contributed by atoms with Crippen LogP contribution in [-0.4, -0.2) is 51.6 Å². The van der Waals surface area contributed by atoms with E-state index in [2.05, 4.69) is 39.2 Å². The summed E-state index contributed by atoms with van der Waals surface area (Å²) in [5.74, 6) is 2.02. The third kappa shape index (κ3) is 3.57. The van der Waals surface area contributed by atoms with Gasteiger partial charge in [0, 0.05) is 19.5 Å². The van der Waals surface area contributed by atoms with Crippen LogP contribution in [0.3, 0.4) is 0 Å². The van der Waals surface area contributed by atoms with Crippen LogP contribution >= 0.6 is 11.8 Å². The molecule has 0 amide bonds. The van der Waals surface area contributed by atoms with E-state index in [1.165, 1.54) is 27.6 Å². The normalized spacial score (nSPS) is 18.8. The van der Waals surface area contributed by atoms with Crippen molar-refractivity contribution >= 4 is 17.7 Å². The maximum Gasteiger partial charge on any atom is 0.264 e. The third-order valence-electron chi connectivity index (χ3n) is 6.21. The average molecular weight is 451 g/mol. The number of carbonyl (C=O) groups excluding carboxylic acids is 1. The fourth-order valence-corrected chi connectivity index (χ4v) is 5.84. The van der Waals surface area contributed by atoms with Crippen LogP contribution in [0.4, 0.5) is 0 Å². The SMILES string of the molecule is CCc1nc2n(n1)C(=O)C(C(c1ccc(OC)c(OC)c1)N1CCc3ccccc3C1)S2. The first-order valence-electron chi connectivity index (χ1n) is 10.8. The molecule has 0 bridgehead atoms. The van der Waals surface area contributed by atoms with Gasteiger partial charge in [0.05, 0.1) is 20.3 Å². The van der Waals surface area contributed by atoms with Gasteiger partial charge in [-0.25, -0.2) is 4.98 Å². The van der Waals surface area contributed by atoms with Crippen molar-refractivity contribution in [2.24, 2.45) is 0 Å². The Bertz CT molecular complexity index is 1160. The first-order valence-corrected chi connectivity index (χ1v) is 11.7. The van der Waals surface area contributed by atoms with Gasteiger partial charge in [0.15, 0.2) is 22.5 Å². The van der Waals surface area contributed by atoms with Crippen molar-refractivity contribution in [3.63, 3.8) is 0 Å². The number of fused-ring (bicyclic) bond motifs is 2. The Morgan fingerprint density at radius 3 is 2.62 bits per heavy atom. The lowest BCUT2D eigenvalue weighted by Crippen LogP contribution is -2.41. The summed E-state index contributed by atoms with van der Waals surface area (Å²) in [5, 5.41) is 4.78. The van der Waals surface area contributed by atoms with Gasteiger partial charge in [-0.2, -0.15) is 4.68 Å². The highest BCUT2D eigenvalue weighted by atomic mass is 32.2. The molecular weight excluding hydrogens is 424 g/mol. The zero-order valence-corrected chi connectivity index (χ0v) is 19.3. The van der Waals surface area contributed by atoms with E-state index in [1.807, 2.05) is 25.1 Å². The topological polar surface area (TPSA) is 69.5 Å². The van der Waals surface area contributed by atoms with Crippen LogP contribution in [0, 0.1) is 0 Å². The predicted octanol–water partition coefficient (Wildman–Crippen LogP) is 3.77. The summed E-state index contributed by atoms with van der Waals surface area (Å²) in [7, 11) is 3.26. The molecule has 0 saturated heterocycles. The Morgan fingerprint density at radius 1 is 1.12 bits per heavy atom. The predicted molar refractivity (Wildman–Crippen MR) is 123 cm³/mol. The molecule has 0 radical (unpaired) electrons. The molecule has 2 aliphatic rings. The van der Waals surface area contributed by atoms with Gasteiger partial charge in [-0.3, -0.25) is 9.69 Å². The first-order chi connectivity index (χ1) is 15.6. The smallest absolute Gasteiger partial charge is 0.264 e. The van der Waals surface area contributed by atoms with E-state index in [1.54, 1.807) is 14.2 Å². The largest absolute Gasteiger partial charge is 0.493 e. The van der Waals surface area contributed by atoms with Gasteiger partial charge in [-0.1, -0.05) is 49.0 Å². The highest BCUT2D eigenvalue weighted by Crippen LogP contribution is 2.44. The second-order valence-electron chi connectivity index (χ2n) is 8.00. The van der Waals surface area contributed by atoms with Crippen LogP contribution in [-0.2, 0) is 19.4 Å². The highest BCUT2D eigenvalue weighted by Gasteiger charge is 2.43. The number of thioether (sulfide) groups is 1. The Labute approximate surface area is 191 Å². The molecular formula is C24H26N4O3S. The number of hydrogen-bond donors (Lipinski definition) is 0. The molecule has 166 valence electrons. The van der Waals surface area contributed by atoms with E-state index in [4.69, 9.17) is 9.47 Å². The van der Waals surface area contributed by atoms with E-state index < -0.39 is 0 Å². The second-order valence-corrected chi connectivity index (χ2v) is 9.11. The number of rotatable bonds is 6. The molecule has 0 aliphatic carbocycles. The van der Waals surface area contributed by atoms with Gasteiger partial charge < -0.3 is 9.47 Å². The van der Waals surface area contributed by atoms with Gasteiger partial charge in [-0.05, 0) is 35.2 Å². The fourth-order valence-electron chi connectivity index (χ4n) is 4.56.